The quantitative estimate of drug-likeness (QED) is 0.819. The highest BCUT2D eigenvalue weighted by Crippen LogP contribution is 2.18. The number of nitrogens with zero attached hydrogens (tertiary/aromatic N) is 3. The van der Waals surface area contributed by atoms with Gasteiger partial charge in [0.1, 0.15) is 0 Å². The summed E-state index contributed by atoms with van der Waals surface area (Å²) < 4.78 is 0. The van der Waals surface area contributed by atoms with Crippen LogP contribution in [0.15, 0.2) is 43.0 Å². The summed E-state index contributed by atoms with van der Waals surface area (Å²) in [6, 6.07) is 5.16. The Kier molecular flexibility index (Phi) is 3.35. The molecule has 2 aromatic heterocycles. The van der Waals surface area contributed by atoms with Gasteiger partial charge < -0.3 is 4.90 Å². The molecule has 0 aliphatic carbocycles. The molecule has 0 aromatic carbocycles. The van der Waals surface area contributed by atoms with E-state index in [2.05, 4.69) is 9.97 Å². The summed E-state index contributed by atoms with van der Waals surface area (Å²) in [5.74, 6) is -0.212. The second-order valence-electron chi connectivity index (χ2n) is 3.43. The molecule has 17 heavy (non-hydrogen) atoms. The summed E-state index contributed by atoms with van der Waals surface area (Å²) in [5.41, 5.74) is 1.08. The Hall–Kier alpha value is -1.94. The van der Waals surface area contributed by atoms with E-state index in [0.717, 1.165) is 0 Å². The summed E-state index contributed by atoms with van der Waals surface area (Å²) in [4.78, 5) is 21.5. The highest BCUT2D eigenvalue weighted by atomic mass is 35.5. The highest BCUT2D eigenvalue weighted by Gasteiger charge is 2.16. The van der Waals surface area contributed by atoms with E-state index in [0.29, 0.717) is 16.3 Å². The number of hydrogen-bond donors (Lipinski definition) is 0. The van der Waals surface area contributed by atoms with E-state index in [1.165, 1.54) is 11.1 Å². The van der Waals surface area contributed by atoms with Crippen molar-refractivity contribution >= 4 is 23.2 Å². The number of aromatic nitrogens is 2. The van der Waals surface area contributed by atoms with Gasteiger partial charge in [-0.2, -0.15) is 0 Å². The maximum atomic E-state index is 12.1. The number of amides is 1. The molecule has 0 radical (unpaired) electrons. The Balaban J connectivity index is 2.30. The Labute approximate surface area is 104 Å². The lowest BCUT2D eigenvalue weighted by atomic mass is 10.2. The molecule has 0 aliphatic rings. The number of hydrogen-bond acceptors (Lipinski definition) is 3. The average molecular weight is 248 g/mol. The predicted octanol–water partition coefficient (Wildman–Crippen LogP) is 2.41. The molecule has 0 saturated carbocycles. The maximum absolute atomic E-state index is 12.1. The molecular formula is C12H10ClN3O. The van der Waals surface area contributed by atoms with Crippen molar-refractivity contribution in [1.82, 2.24) is 9.97 Å². The Morgan fingerprint density at radius 3 is 2.65 bits per heavy atom. The lowest BCUT2D eigenvalue weighted by Crippen LogP contribution is -2.26. The van der Waals surface area contributed by atoms with Crippen LogP contribution in [0.5, 0.6) is 0 Å². The number of rotatable bonds is 2. The molecular weight excluding hydrogens is 238 g/mol. The van der Waals surface area contributed by atoms with Crippen LogP contribution in [0.4, 0.5) is 5.69 Å². The van der Waals surface area contributed by atoms with Crippen molar-refractivity contribution in [2.45, 2.75) is 0 Å². The zero-order chi connectivity index (χ0) is 12.3. The number of halogens is 1. The molecule has 1 amide bonds. The SMILES string of the molecule is CN(C(=O)c1cnccc1Cl)c1cccnc1. The van der Waals surface area contributed by atoms with Crippen LogP contribution in [-0.4, -0.2) is 22.9 Å². The van der Waals surface area contributed by atoms with Crippen molar-refractivity contribution in [1.29, 1.82) is 0 Å². The summed E-state index contributed by atoms with van der Waals surface area (Å²) in [7, 11) is 1.67. The van der Waals surface area contributed by atoms with Crippen LogP contribution in [0.3, 0.4) is 0 Å². The Bertz CT molecular complexity index is 530. The molecule has 0 unspecified atom stereocenters. The van der Waals surface area contributed by atoms with Crippen molar-refractivity contribution in [3.8, 4) is 0 Å². The van der Waals surface area contributed by atoms with Crippen LogP contribution in [0.2, 0.25) is 5.02 Å². The third kappa shape index (κ3) is 2.42. The van der Waals surface area contributed by atoms with Crippen LogP contribution in [0.25, 0.3) is 0 Å². The van der Waals surface area contributed by atoms with E-state index >= 15 is 0 Å². The summed E-state index contributed by atoms with van der Waals surface area (Å²) in [5, 5.41) is 0.390. The van der Waals surface area contributed by atoms with Crippen molar-refractivity contribution in [3.05, 3.63) is 53.6 Å². The summed E-state index contributed by atoms with van der Waals surface area (Å²) in [6.45, 7) is 0. The van der Waals surface area contributed by atoms with Gasteiger partial charge in [0, 0.05) is 25.6 Å². The Morgan fingerprint density at radius 1 is 1.24 bits per heavy atom. The second-order valence-corrected chi connectivity index (χ2v) is 3.84. The first-order valence-electron chi connectivity index (χ1n) is 4.98. The first kappa shape index (κ1) is 11.5. The smallest absolute Gasteiger partial charge is 0.261 e. The monoisotopic (exact) mass is 247 g/mol. The van der Waals surface area contributed by atoms with Gasteiger partial charge in [-0.15, -0.1) is 0 Å². The molecule has 0 saturated heterocycles. The van der Waals surface area contributed by atoms with Crippen LogP contribution in [0, 0.1) is 0 Å². The molecule has 0 N–H and O–H groups in total. The molecule has 5 heteroatoms. The fourth-order valence-corrected chi connectivity index (χ4v) is 1.57. The van der Waals surface area contributed by atoms with Gasteiger partial charge in [-0.1, -0.05) is 11.6 Å². The molecule has 4 nitrogen and oxygen atoms in total. The molecule has 0 fully saturated rings. The van der Waals surface area contributed by atoms with Gasteiger partial charge in [-0.3, -0.25) is 14.8 Å². The maximum Gasteiger partial charge on any atom is 0.261 e. The minimum Gasteiger partial charge on any atom is -0.310 e. The Morgan fingerprint density at radius 2 is 2.00 bits per heavy atom. The summed E-state index contributed by atoms with van der Waals surface area (Å²) >= 11 is 5.95. The first-order chi connectivity index (χ1) is 8.20. The average Bonchev–Trinajstić information content (AvgIpc) is 2.39. The van der Waals surface area contributed by atoms with Crippen LogP contribution >= 0.6 is 11.6 Å². The minimum atomic E-state index is -0.212. The third-order valence-corrected chi connectivity index (χ3v) is 2.67. The highest BCUT2D eigenvalue weighted by molar-refractivity contribution is 6.34. The number of anilines is 1. The zero-order valence-corrected chi connectivity index (χ0v) is 9.93. The fourth-order valence-electron chi connectivity index (χ4n) is 1.38. The van der Waals surface area contributed by atoms with Crippen LogP contribution in [-0.2, 0) is 0 Å². The molecule has 2 aromatic rings. The van der Waals surface area contributed by atoms with Gasteiger partial charge >= 0.3 is 0 Å². The van der Waals surface area contributed by atoms with Gasteiger partial charge in [0.05, 0.1) is 22.5 Å². The standard InChI is InChI=1S/C12H10ClN3O/c1-16(9-3-2-5-14-7-9)12(17)10-8-15-6-4-11(10)13/h2-8H,1H3. The molecule has 2 heterocycles. The number of pyridine rings is 2. The van der Waals surface area contributed by atoms with E-state index in [1.807, 2.05) is 0 Å². The molecule has 2 rings (SSSR count). The summed E-state index contributed by atoms with van der Waals surface area (Å²) in [6.07, 6.45) is 6.27. The lowest BCUT2D eigenvalue weighted by molar-refractivity contribution is 0.0992. The molecule has 0 spiro atoms. The molecule has 0 aliphatic heterocycles. The second kappa shape index (κ2) is 4.93. The lowest BCUT2D eigenvalue weighted by Gasteiger charge is -2.17. The van der Waals surface area contributed by atoms with Crippen molar-refractivity contribution in [3.63, 3.8) is 0 Å². The largest absolute Gasteiger partial charge is 0.310 e. The van der Waals surface area contributed by atoms with Gasteiger partial charge in [0.2, 0.25) is 0 Å². The van der Waals surface area contributed by atoms with Crippen molar-refractivity contribution < 1.29 is 4.79 Å². The number of carbonyl (C=O) groups excluding carboxylic acids is 1. The number of carbonyl (C=O) groups is 1. The van der Waals surface area contributed by atoms with Gasteiger partial charge in [-0.25, -0.2) is 0 Å². The van der Waals surface area contributed by atoms with E-state index < -0.39 is 0 Å². The van der Waals surface area contributed by atoms with Crippen molar-refractivity contribution in [2.24, 2.45) is 0 Å². The first-order valence-corrected chi connectivity index (χ1v) is 5.35. The van der Waals surface area contributed by atoms with Crippen LogP contribution < -0.4 is 4.90 Å². The van der Waals surface area contributed by atoms with Gasteiger partial charge in [-0.05, 0) is 18.2 Å². The van der Waals surface area contributed by atoms with E-state index in [4.69, 9.17) is 11.6 Å². The zero-order valence-electron chi connectivity index (χ0n) is 9.17. The van der Waals surface area contributed by atoms with E-state index in [1.54, 1.807) is 43.8 Å². The molecule has 0 bridgehead atoms. The van der Waals surface area contributed by atoms with Gasteiger partial charge in [0.15, 0.2) is 0 Å². The topological polar surface area (TPSA) is 46.1 Å². The van der Waals surface area contributed by atoms with Gasteiger partial charge in [0.25, 0.3) is 5.91 Å². The van der Waals surface area contributed by atoms with Crippen LogP contribution in [0.1, 0.15) is 10.4 Å². The third-order valence-electron chi connectivity index (χ3n) is 2.34. The molecule has 0 atom stereocenters. The fraction of sp³-hybridized carbons (Fsp3) is 0.0833. The van der Waals surface area contributed by atoms with E-state index in [-0.39, 0.29) is 5.91 Å². The van der Waals surface area contributed by atoms with E-state index in [9.17, 15) is 4.79 Å². The predicted molar refractivity (Wildman–Crippen MR) is 66.2 cm³/mol. The van der Waals surface area contributed by atoms with Crippen molar-refractivity contribution in [2.75, 3.05) is 11.9 Å². The minimum absolute atomic E-state index is 0.212. The molecule has 86 valence electrons. The normalized spacial score (nSPS) is 10.0.